The van der Waals surface area contributed by atoms with Crippen molar-refractivity contribution in [2.75, 3.05) is 18.1 Å². The molecule has 1 aliphatic heterocycles. The summed E-state index contributed by atoms with van der Waals surface area (Å²) in [6, 6.07) is 4.91. The van der Waals surface area contributed by atoms with Crippen molar-refractivity contribution < 1.29 is 9.90 Å². The summed E-state index contributed by atoms with van der Waals surface area (Å²) < 4.78 is 0.835. The molecule has 1 aliphatic rings. The normalized spacial score (nSPS) is 19.5. The highest BCUT2D eigenvalue weighted by Gasteiger charge is 2.35. The molecule has 0 radical (unpaired) electrons. The van der Waals surface area contributed by atoms with E-state index >= 15 is 0 Å². The lowest BCUT2D eigenvalue weighted by molar-refractivity contribution is -0.119. The van der Waals surface area contributed by atoms with E-state index in [-0.39, 0.29) is 19.1 Å². The molecule has 2 rings (SSSR count). The monoisotopic (exact) mass is 270 g/mol. The summed E-state index contributed by atoms with van der Waals surface area (Å²) in [5.74, 6) is -0.161. The Balaban J connectivity index is 2.50. The zero-order chi connectivity index (χ0) is 11.0. The largest absolute Gasteiger partial charge is 0.395 e. The second-order valence-corrected chi connectivity index (χ2v) is 4.22. The van der Waals surface area contributed by atoms with Gasteiger partial charge in [0.2, 0.25) is 5.91 Å². The molecular formula is C10H11BrN2O2. The molecule has 4 nitrogen and oxygen atoms in total. The molecule has 0 fully saturated rings. The van der Waals surface area contributed by atoms with Gasteiger partial charge in [-0.25, -0.2) is 0 Å². The molecule has 0 aliphatic carbocycles. The number of rotatable bonds is 2. The fourth-order valence-corrected chi connectivity index (χ4v) is 2.41. The van der Waals surface area contributed by atoms with E-state index in [0.717, 1.165) is 15.7 Å². The number of hydrogen-bond acceptors (Lipinski definition) is 3. The molecule has 0 saturated carbocycles. The van der Waals surface area contributed by atoms with Crippen molar-refractivity contribution in [3.05, 3.63) is 28.2 Å². The molecule has 1 atom stereocenters. The van der Waals surface area contributed by atoms with Gasteiger partial charge in [0, 0.05) is 16.6 Å². The number of aliphatic hydroxyl groups is 1. The van der Waals surface area contributed by atoms with E-state index in [2.05, 4.69) is 15.9 Å². The highest BCUT2D eigenvalue weighted by atomic mass is 79.9. The first-order valence-electron chi connectivity index (χ1n) is 4.63. The number of nitrogens with zero attached hydrogens (tertiary/aromatic N) is 1. The molecule has 0 spiro atoms. The number of aliphatic hydroxyl groups excluding tert-OH is 1. The van der Waals surface area contributed by atoms with E-state index in [9.17, 15) is 4.79 Å². The molecule has 0 bridgehead atoms. The summed E-state index contributed by atoms with van der Waals surface area (Å²) >= 11 is 3.37. The SMILES string of the molecule is NC1C(=O)N(CCO)c2cccc(Br)c21. The first-order chi connectivity index (χ1) is 7.16. The fourth-order valence-electron chi connectivity index (χ4n) is 1.81. The molecule has 0 aromatic heterocycles. The maximum Gasteiger partial charge on any atom is 0.248 e. The summed E-state index contributed by atoms with van der Waals surface area (Å²) in [7, 11) is 0. The number of carbonyl (C=O) groups is 1. The predicted octanol–water partition coefficient (Wildman–Crippen LogP) is 0.788. The smallest absolute Gasteiger partial charge is 0.248 e. The van der Waals surface area contributed by atoms with Crippen molar-refractivity contribution in [2.45, 2.75) is 6.04 Å². The van der Waals surface area contributed by atoms with Crippen LogP contribution in [0.3, 0.4) is 0 Å². The topological polar surface area (TPSA) is 66.6 Å². The van der Waals surface area contributed by atoms with Crippen LogP contribution < -0.4 is 10.6 Å². The Labute approximate surface area is 95.8 Å². The second kappa shape index (κ2) is 3.92. The quantitative estimate of drug-likeness (QED) is 0.835. The fraction of sp³-hybridized carbons (Fsp3) is 0.300. The maximum atomic E-state index is 11.8. The number of nitrogens with two attached hydrogens (primary N) is 1. The first kappa shape index (κ1) is 10.6. The van der Waals surface area contributed by atoms with Crippen LogP contribution in [-0.4, -0.2) is 24.2 Å². The number of amides is 1. The summed E-state index contributed by atoms with van der Waals surface area (Å²) in [6.07, 6.45) is 0. The lowest BCUT2D eigenvalue weighted by Crippen LogP contribution is -2.33. The molecule has 5 heteroatoms. The minimum atomic E-state index is -0.623. The van der Waals surface area contributed by atoms with Crippen LogP contribution in [0.1, 0.15) is 11.6 Å². The molecule has 1 amide bonds. The maximum absolute atomic E-state index is 11.8. The summed E-state index contributed by atoms with van der Waals surface area (Å²) in [5, 5.41) is 8.88. The van der Waals surface area contributed by atoms with Crippen molar-refractivity contribution in [2.24, 2.45) is 5.73 Å². The van der Waals surface area contributed by atoms with Crippen molar-refractivity contribution >= 4 is 27.5 Å². The lowest BCUT2D eigenvalue weighted by atomic mass is 10.1. The van der Waals surface area contributed by atoms with Gasteiger partial charge in [0.25, 0.3) is 0 Å². The molecule has 0 saturated heterocycles. The van der Waals surface area contributed by atoms with E-state index in [4.69, 9.17) is 10.8 Å². The van der Waals surface area contributed by atoms with Crippen LogP contribution in [0, 0.1) is 0 Å². The van der Waals surface area contributed by atoms with Gasteiger partial charge in [-0.1, -0.05) is 22.0 Å². The van der Waals surface area contributed by atoms with Crippen molar-refractivity contribution in [3.8, 4) is 0 Å². The number of fused-ring (bicyclic) bond motifs is 1. The Bertz CT molecular complexity index is 408. The van der Waals surface area contributed by atoms with Gasteiger partial charge in [-0.3, -0.25) is 4.79 Å². The molecule has 15 heavy (non-hydrogen) atoms. The summed E-state index contributed by atoms with van der Waals surface area (Å²) in [6.45, 7) is 0.223. The van der Waals surface area contributed by atoms with E-state index in [1.54, 1.807) is 0 Å². The van der Waals surface area contributed by atoms with E-state index in [1.807, 2.05) is 18.2 Å². The Morgan fingerprint density at radius 1 is 1.53 bits per heavy atom. The number of hydrogen-bond donors (Lipinski definition) is 2. The van der Waals surface area contributed by atoms with Crippen LogP contribution in [0.2, 0.25) is 0 Å². The predicted molar refractivity (Wildman–Crippen MR) is 60.5 cm³/mol. The van der Waals surface area contributed by atoms with Gasteiger partial charge in [0.05, 0.1) is 12.3 Å². The van der Waals surface area contributed by atoms with Crippen LogP contribution in [0.5, 0.6) is 0 Å². The number of benzene rings is 1. The Hall–Kier alpha value is -0.910. The second-order valence-electron chi connectivity index (χ2n) is 3.36. The molecule has 1 aromatic carbocycles. The highest BCUT2D eigenvalue weighted by molar-refractivity contribution is 9.10. The summed E-state index contributed by atoms with van der Waals surface area (Å²) in [5.41, 5.74) is 7.40. The van der Waals surface area contributed by atoms with Gasteiger partial charge >= 0.3 is 0 Å². The molecule has 1 heterocycles. The van der Waals surface area contributed by atoms with E-state index in [0.29, 0.717) is 0 Å². The molecular weight excluding hydrogens is 260 g/mol. The van der Waals surface area contributed by atoms with Crippen LogP contribution in [-0.2, 0) is 4.79 Å². The lowest BCUT2D eigenvalue weighted by Gasteiger charge is -2.15. The van der Waals surface area contributed by atoms with Gasteiger partial charge < -0.3 is 15.7 Å². The van der Waals surface area contributed by atoms with Crippen molar-refractivity contribution in [1.82, 2.24) is 0 Å². The van der Waals surface area contributed by atoms with Crippen LogP contribution in [0.4, 0.5) is 5.69 Å². The van der Waals surface area contributed by atoms with E-state index in [1.165, 1.54) is 4.90 Å². The van der Waals surface area contributed by atoms with Gasteiger partial charge in [-0.15, -0.1) is 0 Å². The Morgan fingerprint density at radius 3 is 2.93 bits per heavy atom. The average Bonchev–Trinajstić information content (AvgIpc) is 2.45. The van der Waals surface area contributed by atoms with E-state index < -0.39 is 6.04 Å². The number of halogens is 1. The molecule has 3 N–H and O–H groups in total. The van der Waals surface area contributed by atoms with Crippen molar-refractivity contribution in [1.29, 1.82) is 0 Å². The molecule has 80 valence electrons. The van der Waals surface area contributed by atoms with Crippen LogP contribution >= 0.6 is 15.9 Å². The summed E-state index contributed by atoms with van der Waals surface area (Å²) in [4.78, 5) is 13.3. The molecule has 1 unspecified atom stereocenters. The number of β-amino-alcohol motifs (C(OH)–C–C–N with tert-alkyl or cyclic N) is 1. The van der Waals surface area contributed by atoms with Gasteiger partial charge in [-0.05, 0) is 12.1 Å². The third-order valence-corrected chi connectivity index (χ3v) is 3.18. The van der Waals surface area contributed by atoms with Gasteiger partial charge in [-0.2, -0.15) is 0 Å². The Morgan fingerprint density at radius 2 is 2.27 bits per heavy atom. The standard InChI is InChI=1S/C10H11BrN2O2/c11-6-2-1-3-7-8(6)9(12)10(15)13(7)4-5-14/h1-3,9,14H,4-5,12H2. The average molecular weight is 271 g/mol. The zero-order valence-corrected chi connectivity index (χ0v) is 9.57. The third-order valence-electron chi connectivity index (χ3n) is 2.49. The van der Waals surface area contributed by atoms with Gasteiger partial charge in [0.15, 0.2) is 0 Å². The van der Waals surface area contributed by atoms with Crippen LogP contribution in [0.15, 0.2) is 22.7 Å². The van der Waals surface area contributed by atoms with Crippen molar-refractivity contribution in [3.63, 3.8) is 0 Å². The Kier molecular flexibility index (Phi) is 2.77. The minimum absolute atomic E-state index is 0.0651. The zero-order valence-electron chi connectivity index (χ0n) is 7.98. The van der Waals surface area contributed by atoms with Gasteiger partial charge in [0.1, 0.15) is 6.04 Å². The number of anilines is 1. The number of carbonyl (C=O) groups excluding carboxylic acids is 1. The van der Waals surface area contributed by atoms with Crippen LogP contribution in [0.25, 0.3) is 0 Å². The third kappa shape index (κ3) is 1.56. The minimum Gasteiger partial charge on any atom is -0.395 e. The highest BCUT2D eigenvalue weighted by Crippen LogP contribution is 2.38. The first-order valence-corrected chi connectivity index (χ1v) is 5.42. The molecule has 1 aromatic rings.